The van der Waals surface area contributed by atoms with Crippen molar-refractivity contribution in [3.63, 3.8) is 0 Å². The first-order chi connectivity index (χ1) is 7.51. The largest absolute Gasteiger partial charge is 0.478 e. The molecule has 0 saturated carbocycles. The maximum Gasteiger partial charge on any atom is 0.331 e. The minimum atomic E-state index is -1.19. The number of carboxylic acid groups (broad SMARTS) is 2. The molecular weight excluding hydrogens is 208 g/mol. The van der Waals surface area contributed by atoms with Crippen molar-refractivity contribution in [3.05, 3.63) is 11.6 Å². The fourth-order valence-electron chi connectivity index (χ4n) is 1.61. The molecular formula is C12H20O4. The van der Waals surface area contributed by atoms with E-state index >= 15 is 0 Å². The van der Waals surface area contributed by atoms with Gasteiger partial charge in [-0.25, -0.2) is 9.59 Å². The molecule has 0 fully saturated rings. The van der Waals surface area contributed by atoms with Gasteiger partial charge in [-0.1, -0.05) is 39.5 Å². The molecule has 0 amide bonds. The Morgan fingerprint density at radius 3 is 2.25 bits per heavy atom. The van der Waals surface area contributed by atoms with E-state index in [1.165, 1.54) is 0 Å². The molecule has 16 heavy (non-hydrogen) atoms. The van der Waals surface area contributed by atoms with E-state index in [0.29, 0.717) is 6.42 Å². The second-order valence-corrected chi connectivity index (χ2v) is 3.93. The van der Waals surface area contributed by atoms with E-state index in [4.69, 9.17) is 10.2 Å². The molecule has 0 heterocycles. The number of aliphatic carboxylic acids is 2. The second kappa shape index (κ2) is 7.91. The first kappa shape index (κ1) is 14.7. The lowest BCUT2D eigenvalue weighted by Gasteiger charge is -2.14. The van der Waals surface area contributed by atoms with Gasteiger partial charge in [0.2, 0.25) is 0 Å². The van der Waals surface area contributed by atoms with Gasteiger partial charge in [0.1, 0.15) is 0 Å². The van der Waals surface area contributed by atoms with E-state index in [1.807, 2.05) is 6.92 Å². The molecule has 0 bridgehead atoms. The van der Waals surface area contributed by atoms with E-state index in [1.54, 1.807) is 0 Å². The predicted molar refractivity (Wildman–Crippen MR) is 61.3 cm³/mol. The van der Waals surface area contributed by atoms with Crippen molar-refractivity contribution in [2.24, 2.45) is 5.92 Å². The van der Waals surface area contributed by atoms with E-state index in [2.05, 4.69) is 6.92 Å². The number of hydrogen-bond acceptors (Lipinski definition) is 2. The van der Waals surface area contributed by atoms with Gasteiger partial charge in [0, 0.05) is 11.6 Å². The Kier molecular flexibility index (Phi) is 7.25. The Morgan fingerprint density at radius 2 is 1.88 bits per heavy atom. The van der Waals surface area contributed by atoms with Crippen LogP contribution >= 0.6 is 0 Å². The number of carboxylic acids is 2. The van der Waals surface area contributed by atoms with E-state index in [-0.39, 0.29) is 11.5 Å². The van der Waals surface area contributed by atoms with Gasteiger partial charge < -0.3 is 10.2 Å². The van der Waals surface area contributed by atoms with Gasteiger partial charge in [0.15, 0.2) is 0 Å². The number of unbranched alkanes of at least 4 members (excludes halogenated alkanes) is 1. The third kappa shape index (κ3) is 6.22. The van der Waals surface area contributed by atoms with Crippen LogP contribution in [0, 0.1) is 5.92 Å². The lowest BCUT2D eigenvalue weighted by molar-refractivity contribution is -0.135. The molecule has 2 N–H and O–H groups in total. The van der Waals surface area contributed by atoms with Gasteiger partial charge in [0.25, 0.3) is 0 Å². The molecule has 92 valence electrons. The molecule has 0 saturated heterocycles. The van der Waals surface area contributed by atoms with Gasteiger partial charge in [0.05, 0.1) is 0 Å². The van der Waals surface area contributed by atoms with Crippen molar-refractivity contribution in [1.82, 2.24) is 0 Å². The van der Waals surface area contributed by atoms with Gasteiger partial charge in [-0.3, -0.25) is 0 Å². The van der Waals surface area contributed by atoms with Crippen LogP contribution in [0.3, 0.4) is 0 Å². The normalized spacial score (nSPS) is 13.5. The van der Waals surface area contributed by atoms with Crippen LogP contribution in [0.5, 0.6) is 0 Å². The number of carbonyl (C=O) groups is 2. The summed E-state index contributed by atoms with van der Waals surface area (Å²) in [5.74, 6) is -2.05. The summed E-state index contributed by atoms with van der Waals surface area (Å²) < 4.78 is 0. The van der Waals surface area contributed by atoms with E-state index in [0.717, 1.165) is 31.8 Å². The smallest absolute Gasteiger partial charge is 0.331 e. The molecule has 0 aliphatic rings. The van der Waals surface area contributed by atoms with Crippen molar-refractivity contribution >= 4 is 11.9 Å². The summed E-state index contributed by atoms with van der Waals surface area (Å²) in [5, 5.41) is 17.4. The van der Waals surface area contributed by atoms with Gasteiger partial charge >= 0.3 is 11.9 Å². The Bertz CT molecular complexity index is 268. The molecule has 0 aromatic heterocycles. The van der Waals surface area contributed by atoms with Crippen LogP contribution in [-0.2, 0) is 9.59 Å². The topological polar surface area (TPSA) is 74.6 Å². The fraction of sp³-hybridized carbons (Fsp3) is 0.667. The highest BCUT2D eigenvalue weighted by atomic mass is 16.4. The van der Waals surface area contributed by atoms with Crippen LogP contribution in [-0.4, -0.2) is 22.2 Å². The molecule has 4 nitrogen and oxygen atoms in total. The second-order valence-electron chi connectivity index (χ2n) is 3.93. The summed E-state index contributed by atoms with van der Waals surface area (Å²) in [5.41, 5.74) is -0.00421. The molecule has 0 aliphatic carbocycles. The lowest BCUT2D eigenvalue weighted by Crippen LogP contribution is -2.09. The summed E-state index contributed by atoms with van der Waals surface area (Å²) in [6.45, 7) is 4.08. The quantitative estimate of drug-likeness (QED) is 0.626. The predicted octanol–water partition coefficient (Wildman–Crippen LogP) is 2.69. The van der Waals surface area contributed by atoms with Crippen LogP contribution in [0.25, 0.3) is 0 Å². The van der Waals surface area contributed by atoms with Crippen LogP contribution in [0.4, 0.5) is 0 Å². The van der Waals surface area contributed by atoms with Crippen LogP contribution in [0.1, 0.15) is 46.0 Å². The molecule has 0 rings (SSSR count). The zero-order valence-electron chi connectivity index (χ0n) is 9.90. The Hall–Kier alpha value is -1.32. The molecule has 1 unspecified atom stereocenters. The molecule has 4 heteroatoms. The highest BCUT2D eigenvalue weighted by molar-refractivity contribution is 5.94. The number of rotatable bonds is 8. The Balaban J connectivity index is 4.47. The SMILES string of the molecule is CCCCC(CC)C/C(=C/C(=O)O)C(=O)O. The zero-order chi connectivity index (χ0) is 12.6. The molecule has 0 aromatic rings. The highest BCUT2D eigenvalue weighted by Gasteiger charge is 2.15. The molecule has 0 spiro atoms. The molecule has 1 atom stereocenters. The van der Waals surface area contributed by atoms with Gasteiger partial charge in [-0.05, 0) is 12.3 Å². The average molecular weight is 228 g/mol. The van der Waals surface area contributed by atoms with E-state index < -0.39 is 11.9 Å². The van der Waals surface area contributed by atoms with Gasteiger partial charge in [-0.15, -0.1) is 0 Å². The average Bonchev–Trinajstić information content (AvgIpc) is 2.21. The lowest BCUT2D eigenvalue weighted by atomic mass is 9.92. The van der Waals surface area contributed by atoms with Crippen LogP contribution < -0.4 is 0 Å². The molecule has 0 aliphatic heterocycles. The summed E-state index contributed by atoms with van der Waals surface area (Å²) in [7, 11) is 0. The Morgan fingerprint density at radius 1 is 1.25 bits per heavy atom. The van der Waals surface area contributed by atoms with Crippen molar-refractivity contribution in [2.75, 3.05) is 0 Å². The van der Waals surface area contributed by atoms with Crippen LogP contribution in [0.2, 0.25) is 0 Å². The number of hydrogen-bond donors (Lipinski definition) is 2. The van der Waals surface area contributed by atoms with Crippen molar-refractivity contribution in [1.29, 1.82) is 0 Å². The standard InChI is InChI=1S/C12H20O4/c1-3-5-6-9(4-2)7-10(12(15)16)8-11(13)14/h8-9H,3-7H2,1-2H3,(H,13,14)(H,15,16)/b10-8-. The maximum atomic E-state index is 10.8. The van der Waals surface area contributed by atoms with Crippen molar-refractivity contribution in [3.8, 4) is 0 Å². The van der Waals surface area contributed by atoms with Crippen molar-refractivity contribution < 1.29 is 19.8 Å². The van der Waals surface area contributed by atoms with Crippen molar-refractivity contribution in [2.45, 2.75) is 46.0 Å². The highest BCUT2D eigenvalue weighted by Crippen LogP contribution is 2.21. The molecule has 0 aromatic carbocycles. The maximum absolute atomic E-state index is 10.8. The minimum absolute atomic E-state index is 0.00421. The zero-order valence-corrected chi connectivity index (χ0v) is 9.90. The summed E-state index contributed by atoms with van der Waals surface area (Å²) in [6.07, 6.45) is 5.11. The van der Waals surface area contributed by atoms with Gasteiger partial charge in [-0.2, -0.15) is 0 Å². The summed E-state index contributed by atoms with van der Waals surface area (Å²) in [6, 6.07) is 0. The summed E-state index contributed by atoms with van der Waals surface area (Å²) >= 11 is 0. The Labute approximate surface area is 96.0 Å². The molecule has 0 radical (unpaired) electrons. The first-order valence-electron chi connectivity index (χ1n) is 5.68. The summed E-state index contributed by atoms with van der Waals surface area (Å²) in [4.78, 5) is 21.3. The first-order valence-corrected chi connectivity index (χ1v) is 5.68. The van der Waals surface area contributed by atoms with E-state index in [9.17, 15) is 9.59 Å². The fourth-order valence-corrected chi connectivity index (χ4v) is 1.61. The third-order valence-electron chi connectivity index (χ3n) is 2.62. The van der Waals surface area contributed by atoms with Crippen LogP contribution in [0.15, 0.2) is 11.6 Å². The minimum Gasteiger partial charge on any atom is -0.478 e. The third-order valence-corrected chi connectivity index (χ3v) is 2.62. The monoisotopic (exact) mass is 228 g/mol.